The van der Waals surface area contributed by atoms with Gasteiger partial charge >= 0.3 is 0 Å². The SMILES string of the molecule is CCCCCCCCCCn1c(CCCNC(=O)c2ccc(F)cc2)nc2ccccc21. The van der Waals surface area contributed by atoms with Crippen LogP contribution in [-0.4, -0.2) is 22.0 Å². The lowest BCUT2D eigenvalue weighted by molar-refractivity contribution is 0.0953. The Morgan fingerprint density at radius 1 is 0.906 bits per heavy atom. The maximum absolute atomic E-state index is 13.0. The molecule has 0 aliphatic heterocycles. The zero-order chi connectivity index (χ0) is 22.6. The van der Waals surface area contributed by atoms with Crippen LogP contribution in [0.1, 0.15) is 80.9 Å². The molecule has 3 rings (SSSR count). The smallest absolute Gasteiger partial charge is 0.251 e. The topological polar surface area (TPSA) is 46.9 Å². The van der Waals surface area contributed by atoms with E-state index in [0.29, 0.717) is 12.1 Å². The van der Waals surface area contributed by atoms with Crippen LogP contribution in [0.2, 0.25) is 0 Å². The minimum absolute atomic E-state index is 0.169. The molecule has 0 atom stereocenters. The molecule has 1 amide bonds. The number of rotatable bonds is 14. The van der Waals surface area contributed by atoms with Crippen LogP contribution in [0.25, 0.3) is 11.0 Å². The third kappa shape index (κ3) is 7.18. The first-order chi connectivity index (χ1) is 15.7. The summed E-state index contributed by atoms with van der Waals surface area (Å²) in [7, 11) is 0. The molecule has 1 heterocycles. The molecule has 0 bridgehead atoms. The van der Waals surface area contributed by atoms with Gasteiger partial charge in [-0.1, -0.05) is 64.0 Å². The van der Waals surface area contributed by atoms with E-state index in [1.807, 2.05) is 6.07 Å². The van der Waals surface area contributed by atoms with E-state index in [-0.39, 0.29) is 11.7 Å². The monoisotopic (exact) mass is 437 g/mol. The van der Waals surface area contributed by atoms with Crippen molar-refractivity contribution < 1.29 is 9.18 Å². The number of hydrogen-bond donors (Lipinski definition) is 1. The number of halogens is 1. The summed E-state index contributed by atoms with van der Waals surface area (Å²) in [4.78, 5) is 17.1. The number of carbonyl (C=O) groups is 1. The average molecular weight is 438 g/mol. The van der Waals surface area contributed by atoms with E-state index >= 15 is 0 Å². The molecule has 1 N–H and O–H groups in total. The molecule has 0 aliphatic rings. The van der Waals surface area contributed by atoms with Crippen molar-refractivity contribution in [3.05, 3.63) is 65.7 Å². The number of aromatic nitrogens is 2. The summed E-state index contributed by atoms with van der Waals surface area (Å²) < 4.78 is 15.4. The van der Waals surface area contributed by atoms with E-state index in [0.717, 1.165) is 30.7 Å². The molecule has 1 aromatic heterocycles. The maximum atomic E-state index is 13.0. The van der Waals surface area contributed by atoms with Crippen LogP contribution in [0.4, 0.5) is 4.39 Å². The third-order valence-corrected chi connectivity index (χ3v) is 5.94. The van der Waals surface area contributed by atoms with Crippen molar-refractivity contribution in [2.45, 2.75) is 77.7 Å². The number of aryl methyl sites for hydroxylation is 2. The number of imidazole rings is 1. The summed E-state index contributed by atoms with van der Waals surface area (Å²) >= 11 is 0. The molecule has 32 heavy (non-hydrogen) atoms. The van der Waals surface area contributed by atoms with E-state index in [1.54, 1.807) is 0 Å². The lowest BCUT2D eigenvalue weighted by Crippen LogP contribution is -2.25. The van der Waals surface area contributed by atoms with Crippen LogP contribution in [0.15, 0.2) is 48.5 Å². The van der Waals surface area contributed by atoms with Crippen LogP contribution in [0, 0.1) is 5.82 Å². The molecule has 5 heteroatoms. The highest BCUT2D eigenvalue weighted by Crippen LogP contribution is 2.19. The third-order valence-electron chi connectivity index (χ3n) is 5.94. The second kappa shape index (κ2) is 13.0. The quantitative estimate of drug-likeness (QED) is 0.286. The van der Waals surface area contributed by atoms with Gasteiger partial charge in [0.2, 0.25) is 0 Å². The Balaban J connectivity index is 1.47. The van der Waals surface area contributed by atoms with Gasteiger partial charge in [-0.2, -0.15) is 0 Å². The number of benzene rings is 2. The second-order valence-corrected chi connectivity index (χ2v) is 8.51. The van der Waals surface area contributed by atoms with Gasteiger partial charge in [-0.25, -0.2) is 9.37 Å². The van der Waals surface area contributed by atoms with E-state index in [2.05, 4.69) is 35.0 Å². The van der Waals surface area contributed by atoms with Gasteiger partial charge in [0.05, 0.1) is 11.0 Å². The maximum Gasteiger partial charge on any atom is 0.251 e. The normalized spacial score (nSPS) is 11.2. The lowest BCUT2D eigenvalue weighted by atomic mass is 10.1. The van der Waals surface area contributed by atoms with Crippen molar-refractivity contribution in [3.63, 3.8) is 0 Å². The highest BCUT2D eigenvalue weighted by atomic mass is 19.1. The number of nitrogens with zero attached hydrogens (tertiary/aromatic N) is 2. The van der Waals surface area contributed by atoms with Gasteiger partial charge in [0.25, 0.3) is 5.91 Å². The summed E-state index contributed by atoms with van der Waals surface area (Å²) in [6, 6.07) is 13.9. The van der Waals surface area contributed by atoms with Crippen molar-refractivity contribution in [2.75, 3.05) is 6.54 Å². The summed E-state index contributed by atoms with van der Waals surface area (Å²) in [6.45, 7) is 3.82. The van der Waals surface area contributed by atoms with Crippen molar-refractivity contribution in [3.8, 4) is 0 Å². The summed E-state index contributed by atoms with van der Waals surface area (Å²) in [6.07, 6.45) is 12.1. The highest BCUT2D eigenvalue weighted by molar-refractivity contribution is 5.94. The summed E-state index contributed by atoms with van der Waals surface area (Å²) in [5.41, 5.74) is 2.71. The van der Waals surface area contributed by atoms with Gasteiger partial charge < -0.3 is 9.88 Å². The predicted molar refractivity (Wildman–Crippen MR) is 129 cm³/mol. The van der Waals surface area contributed by atoms with Crippen molar-refractivity contribution in [2.24, 2.45) is 0 Å². The zero-order valence-electron chi connectivity index (χ0n) is 19.3. The molecular weight excluding hydrogens is 401 g/mol. The first-order valence-corrected chi connectivity index (χ1v) is 12.2. The van der Waals surface area contributed by atoms with Gasteiger partial charge in [-0.3, -0.25) is 4.79 Å². The van der Waals surface area contributed by atoms with Gasteiger partial charge in [-0.15, -0.1) is 0 Å². The molecule has 0 unspecified atom stereocenters. The molecule has 0 saturated heterocycles. The Kier molecular flexibility index (Phi) is 9.73. The molecule has 3 aromatic rings. The van der Waals surface area contributed by atoms with E-state index in [9.17, 15) is 9.18 Å². The fourth-order valence-electron chi connectivity index (χ4n) is 4.12. The molecule has 0 radical (unpaired) electrons. The van der Waals surface area contributed by atoms with Crippen LogP contribution >= 0.6 is 0 Å². The Hall–Kier alpha value is -2.69. The zero-order valence-corrected chi connectivity index (χ0v) is 19.3. The first-order valence-electron chi connectivity index (χ1n) is 12.2. The van der Waals surface area contributed by atoms with Crippen LogP contribution in [-0.2, 0) is 13.0 Å². The molecule has 2 aromatic carbocycles. The number of hydrogen-bond acceptors (Lipinski definition) is 2. The second-order valence-electron chi connectivity index (χ2n) is 8.51. The van der Waals surface area contributed by atoms with Crippen molar-refractivity contribution >= 4 is 16.9 Å². The minimum Gasteiger partial charge on any atom is -0.352 e. The number of nitrogens with one attached hydrogen (secondary N) is 1. The Morgan fingerprint density at radius 2 is 1.59 bits per heavy atom. The number of amides is 1. The fourth-order valence-corrected chi connectivity index (χ4v) is 4.12. The van der Waals surface area contributed by atoms with Crippen LogP contribution in [0.5, 0.6) is 0 Å². The molecule has 172 valence electrons. The Labute approximate surface area is 191 Å². The van der Waals surface area contributed by atoms with Crippen molar-refractivity contribution in [1.82, 2.24) is 14.9 Å². The van der Waals surface area contributed by atoms with Gasteiger partial charge in [0, 0.05) is 25.1 Å². The number of para-hydroxylation sites is 2. The largest absolute Gasteiger partial charge is 0.352 e. The molecule has 0 saturated carbocycles. The number of unbranched alkanes of at least 4 members (excludes halogenated alkanes) is 7. The molecule has 0 fully saturated rings. The Bertz CT molecular complexity index is 965. The molecule has 0 spiro atoms. The van der Waals surface area contributed by atoms with Gasteiger partial charge in [-0.05, 0) is 49.2 Å². The van der Waals surface area contributed by atoms with Crippen LogP contribution < -0.4 is 5.32 Å². The standard InChI is InChI=1S/C27H36FN3O/c1-2-3-4-5-6-7-8-11-21-31-25-14-10-9-13-24(25)30-26(31)15-12-20-29-27(32)22-16-18-23(28)19-17-22/h9-10,13-14,16-19H,2-8,11-12,15,20-21H2,1H3,(H,29,32). The van der Waals surface area contributed by atoms with E-state index in [4.69, 9.17) is 4.98 Å². The van der Waals surface area contributed by atoms with Gasteiger partial charge in [0.15, 0.2) is 0 Å². The molecular formula is C27H36FN3O. The number of carbonyl (C=O) groups excluding carboxylic acids is 1. The summed E-state index contributed by atoms with van der Waals surface area (Å²) in [5, 5.41) is 2.92. The number of fused-ring (bicyclic) bond motifs is 1. The first kappa shape index (κ1) is 24.0. The van der Waals surface area contributed by atoms with Gasteiger partial charge in [0.1, 0.15) is 11.6 Å². The summed E-state index contributed by atoms with van der Waals surface area (Å²) in [5.74, 6) is 0.583. The lowest BCUT2D eigenvalue weighted by Gasteiger charge is -2.10. The molecule has 4 nitrogen and oxygen atoms in total. The predicted octanol–water partition coefficient (Wildman–Crippen LogP) is 6.68. The van der Waals surface area contributed by atoms with E-state index < -0.39 is 0 Å². The van der Waals surface area contributed by atoms with Crippen LogP contribution in [0.3, 0.4) is 0 Å². The minimum atomic E-state index is -0.336. The van der Waals surface area contributed by atoms with Crippen molar-refractivity contribution in [1.29, 1.82) is 0 Å². The Morgan fingerprint density at radius 3 is 2.34 bits per heavy atom. The highest BCUT2D eigenvalue weighted by Gasteiger charge is 2.11. The van der Waals surface area contributed by atoms with E-state index in [1.165, 1.54) is 81.1 Å². The average Bonchev–Trinajstić information content (AvgIpc) is 3.16. The molecule has 0 aliphatic carbocycles. The fraction of sp³-hybridized carbons (Fsp3) is 0.481.